The molecule has 0 atom stereocenters. The smallest absolute Gasteiger partial charge is 0.0273 e. The Labute approximate surface area is 135 Å². The molecule has 0 aliphatic heterocycles. The number of unbranched alkanes of at least 4 members (excludes halogenated alkanes) is 1. The fraction of sp³-hybridized carbons (Fsp3) is 0.381. The van der Waals surface area contributed by atoms with Crippen molar-refractivity contribution in [2.75, 3.05) is 0 Å². The predicted octanol–water partition coefficient (Wildman–Crippen LogP) is 5.99. The van der Waals surface area contributed by atoms with Crippen molar-refractivity contribution in [3.05, 3.63) is 66.0 Å². The summed E-state index contributed by atoms with van der Waals surface area (Å²) in [6.45, 7) is 8.34. The normalized spacial score (nSPS) is 10.6. The minimum absolute atomic E-state index is 1.14. The maximum Gasteiger partial charge on any atom is 0.0273 e. The van der Waals surface area contributed by atoms with Crippen LogP contribution in [0.5, 0.6) is 0 Å². The Kier molecular flexibility index (Phi) is 6.39. The van der Waals surface area contributed by atoms with Gasteiger partial charge in [0.15, 0.2) is 0 Å². The van der Waals surface area contributed by atoms with Crippen molar-refractivity contribution in [1.29, 1.82) is 0 Å². The van der Waals surface area contributed by atoms with E-state index in [9.17, 15) is 0 Å². The van der Waals surface area contributed by atoms with Crippen molar-refractivity contribution in [3.8, 4) is 11.1 Å². The van der Waals surface area contributed by atoms with Crippen molar-refractivity contribution in [2.24, 2.45) is 0 Å². The molecule has 116 valence electrons. The molecule has 0 bridgehead atoms. The number of aryl methyl sites for hydroxylation is 2. The molecule has 2 rings (SSSR count). The highest BCUT2D eigenvalue weighted by Crippen LogP contribution is 2.24. The second-order valence-corrected chi connectivity index (χ2v) is 6.19. The molecule has 0 saturated heterocycles. The fourth-order valence-electron chi connectivity index (χ4n) is 2.81. The van der Waals surface area contributed by atoms with E-state index >= 15 is 0 Å². The fourth-order valence-corrected chi connectivity index (χ4v) is 2.81. The number of hydrogen-bond donors (Lipinski definition) is 0. The van der Waals surface area contributed by atoms with Gasteiger partial charge in [0.2, 0.25) is 0 Å². The number of aromatic nitrogens is 1. The van der Waals surface area contributed by atoms with Crippen molar-refractivity contribution in [2.45, 2.75) is 52.4 Å². The van der Waals surface area contributed by atoms with Crippen LogP contribution in [-0.2, 0) is 12.8 Å². The first kappa shape index (κ1) is 16.5. The number of rotatable bonds is 8. The van der Waals surface area contributed by atoms with Crippen LogP contribution in [0, 0.1) is 0 Å². The van der Waals surface area contributed by atoms with Gasteiger partial charge in [0.05, 0.1) is 0 Å². The molecule has 0 fully saturated rings. The first-order valence-electron chi connectivity index (χ1n) is 8.36. The topological polar surface area (TPSA) is 12.9 Å². The summed E-state index contributed by atoms with van der Waals surface area (Å²) in [5.41, 5.74) is 6.78. The van der Waals surface area contributed by atoms with Gasteiger partial charge >= 0.3 is 0 Å². The molecule has 1 nitrogen and oxygen atoms in total. The Balaban J connectivity index is 2.14. The van der Waals surface area contributed by atoms with Gasteiger partial charge in [-0.15, -0.1) is 6.58 Å². The average molecular weight is 293 g/mol. The van der Waals surface area contributed by atoms with Gasteiger partial charge in [-0.2, -0.15) is 0 Å². The molecule has 0 saturated carbocycles. The van der Waals surface area contributed by atoms with Gasteiger partial charge in [-0.05, 0) is 73.4 Å². The maximum atomic E-state index is 4.12. The summed E-state index contributed by atoms with van der Waals surface area (Å²) in [7, 11) is 0. The Bertz CT molecular complexity index is 599. The molecule has 1 heteroatoms. The maximum absolute atomic E-state index is 4.12. The van der Waals surface area contributed by atoms with Gasteiger partial charge in [-0.3, -0.25) is 4.98 Å². The third kappa shape index (κ3) is 5.14. The zero-order valence-corrected chi connectivity index (χ0v) is 13.9. The minimum atomic E-state index is 1.14. The van der Waals surface area contributed by atoms with E-state index in [1.54, 1.807) is 0 Å². The lowest BCUT2D eigenvalue weighted by Gasteiger charge is -2.10. The van der Waals surface area contributed by atoms with Crippen LogP contribution in [0.1, 0.15) is 50.7 Å². The van der Waals surface area contributed by atoms with Crippen molar-refractivity contribution in [3.63, 3.8) is 0 Å². The Morgan fingerprint density at radius 2 is 1.64 bits per heavy atom. The van der Waals surface area contributed by atoms with Crippen LogP contribution >= 0.6 is 0 Å². The zero-order valence-electron chi connectivity index (χ0n) is 13.9. The molecule has 1 aromatic carbocycles. The van der Waals surface area contributed by atoms with Crippen molar-refractivity contribution in [1.82, 2.24) is 4.98 Å². The monoisotopic (exact) mass is 293 g/mol. The number of nitrogens with zero attached hydrogens (tertiary/aromatic N) is 1. The summed E-state index contributed by atoms with van der Waals surface area (Å²) in [5, 5.41) is 0. The third-order valence-electron chi connectivity index (χ3n) is 3.92. The summed E-state index contributed by atoms with van der Waals surface area (Å²) in [6.07, 6.45) is 10.8. The van der Waals surface area contributed by atoms with E-state index in [4.69, 9.17) is 0 Å². The van der Waals surface area contributed by atoms with E-state index < -0.39 is 0 Å². The highest BCUT2D eigenvalue weighted by atomic mass is 14.6. The van der Waals surface area contributed by atoms with E-state index in [1.165, 1.54) is 47.1 Å². The summed E-state index contributed by atoms with van der Waals surface area (Å²) in [6, 6.07) is 11.2. The van der Waals surface area contributed by atoms with Crippen LogP contribution < -0.4 is 0 Å². The molecule has 22 heavy (non-hydrogen) atoms. The molecule has 1 aromatic heterocycles. The van der Waals surface area contributed by atoms with Gasteiger partial charge in [-0.1, -0.05) is 37.1 Å². The van der Waals surface area contributed by atoms with E-state index in [1.807, 2.05) is 12.4 Å². The van der Waals surface area contributed by atoms with Crippen molar-refractivity contribution < 1.29 is 0 Å². The molecule has 0 amide bonds. The summed E-state index contributed by atoms with van der Waals surface area (Å²) in [5.74, 6) is 0. The van der Waals surface area contributed by atoms with Crippen LogP contribution in [0.2, 0.25) is 0 Å². The van der Waals surface area contributed by atoms with Crippen LogP contribution in [0.3, 0.4) is 0 Å². The first-order valence-corrected chi connectivity index (χ1v) is 8.36. The largest absolute Gasteiger partial charge is 0.265 e. The van der Waals surface area contributed by atoms with E-state index in [0.29, 0.717) is 0 Å². The average Bonchev–Trinajstić information content (AvgIpc) is 2.52. The van der Waals surface area contributed by atoms with Crippen LogP contribution in [0.15, 0.2) is 54.9 Å². The minimum Gasteiger partial charge on any atom is -0.265 e. The summed E-state index contributed by atoms with van der Waals surface area (Å²) >= 11 is 0. The first-order chi connectivity index (χ1) is 10.7. The summed E-state index contributed by atoms with van der Waals surface area (Å²) in [4.78, 5) is 4.12. The standard InChI is InChI=1S/C21H27N/c1-4-7-18-14-19(9-6-5-8-17(2)3)16-21(15-18)20-10-12-22-13-11-20/h10-16H,2,4-9H2,1,3H3. The van der Waals surface area contributed by atoms with Crippen LogP contribution in [0.25, 0.3) is 11.1 Å². The molecule has 0 radical (unpaired) electrons. The Morgan fingerprint density at radius 1 is 0.955 bits per heavy atom. The van der Waals surface area contributed by atoms with E-state index in [-0.39, 0.29) is 0 Å². The van der Waals surface area contributed by atoms with Crippen LogP contribution in [0.4, 0.5) is 0 Å². The highest BCUT2D eigenvalue weighted by molar-refractivity contribution is 5.64. The van der Waals surface area contributed by atoms with Crippen LogP contribution in [-0.4, -0.2) is 4.98 Å². The lowest BCUT2D eigenvalue weighted by Crippen LogP contribution is -1.93. The lowest BCUT2D eigenvalue weighted by atomic mass is 9.95. The number of allylic oxidation sites excluding steroid dienone is 1. The van der Waals surface area contributed by atoms with E-state index in [0.717, 1.165) is 19.3 Å². The zero-order chi connectivity index (χ0) is 15.8. The number of pyridine rings is 1. The Morgan fingerprint density at radius 3 is 2.27 bits per heavy atom. The molecule has 0 unspecified atom stereocenters. The quantitative estimate of drug-likeness (QED) is 0.430. The molecule has 0 spiro atoms. The molecule has 0 aliphatic carbocycles. The highest BCUT2D eigenvalue weighted by Gasteiger charge is 2.04. The number of benzene rings is 1. The lowest BCUT2D eigenvalue weighted by molar-refractivity contribution is 0.730. The number of hydrogen-bond acceptors (Lipinski definition) is 1. The second kappa shape index (κ2) is 8.53. The molecule has 1 heterocycles. The third-order valence-corrected chi connectivity index (χ3v) is 3.92. The molecule has 0 aliphatic rings. The molecular weight excluding hydrogens is 266 g/mol. The SMILES string of the molecule is C=C(C)CCCCc1cc(CCC)cc(-c2ccncc2)c1. The molecular formula is C21H27N. The van der Waals surface area contributed by atoms with Gasteiger partial charge in [0, 0.05) is 12.4 Å². The Hall–Kier alpha value is -1.89. The summed E-state index contributed by atoms with van der Waals surface area (Å²) < 4.78 is 0. The van der Waals surface area contributed by atoms with Gasteiger partial charge in [0.25, 0.3) is 0 Å². The van der Waals surface area contributed by atoms with Gasteiger partial charge in [-0.25, -0.2) is 0 Å². The second-order valence-electron chi connectivity index (χ2n) is 6.19. The molecule has 0 N–H and O–H groups in total. The molecule has 2 aromatic rings. The van der Waals surface area contributed by atoms with E-state index in [2.05, 4.69) is 55.7 Å². The van der Waals surface area contributed by atoms with Gasteiger partial charge < -0.3 is 0 Å². The predicted molar refractivity (Wildman–Crippen MR) is 96.0 cm³/mol. The van der Waals surface area contributed by atoms with Gasteiger partial charge in [0.1, 0.15) is 0 Å². The van der Waals surface area contributed by atoms with Crippen molar-refractivity contribution >= 4 is 0 Å².